The highest BCUT2D eigenvalue weighted by Gasteiger charge is 2.41. The van der Waals surface area contributed by atoms with Gasteiger partial charge in [0.1, 0.15) is 40.4 Å². The van der Waals surface area contributed by atoms with Crippen LogP contribution in [0.4, 0.5) is 11.6 Å². The number of allylic oxidation sites excluding steroid dienone is 4. The number of nitrogens with zero attached hydrogens (tertiary/aromatic N) is 4. The van der Waals surface area contributed by atoms with Crippen molar-refractivity contribution in [2.75, 3.05) is 5.32 Å². The Labute approximate surface area is 229 Å². The van der Waals surface area contributed by atoms with Gasteiger partial charge in [-0.15, -0.1) is 0 Å². The summed E-state index contributed by atoms with van der Waals surface area (Å²) in [6, 6.07) is 16.6. The average Bonchev–Trinajstić information content (AvgIpc) is 3.73. The van der Waals surface area contributed by atoms with Crippen LogP contribution in [-0.4, -0.2) is 34.0 Å². The first-order chi connectivity index (χ1) is 19.8. The number of hydrogen-bond donors (Lipinski definition) is 4. The number of aromatic amines is 2. The summed E-state index contributed by atoms with van der Waals surface area (Å²) in [4.78, 5) is 27.8. The van der Waals surface area contributed by atoms with Crippen LogP contribution < -0.4 is 21.6 Å². The number of rotatable bonds is 0. The molecular formula is C32H26N8. The predicted octanol–water partition coefficient (Wildman–Crippen LogP) is 4.57. The maximum Gasteiger partial charge on any atom is 0.154 e. The summed E-state index contributed by atoms with van der Waals surface area (Å²) in [5.74, 6) is 3.89. The van der Waals surface area contributed by atoms with Crippen LogP contribution in [0.2, 0.25) is 0 Å². The molecule has 0 amide bonds. The first-order valence-electron chi connectivity index (χ1n) is 13.9. The molecule has 0 saturated carbocycles. The lowest BCUT2D eigenvalue weighted by Crippen LogP contribution is -2.38. The first kappa shape index (κ1) is 21.9. The molecule has 5 heterocycles. The summed E-state index contributed by atoms with van der Waals surface area (Å²) < 4.78 is 0. The molecule has 2 aromatic heterocycles. The van der Waals surface area contributed by atoms with Gasteiger partial charge >= 0.3 is 0 Å². The predicted molar refractivity (Wildman–Crippen MR) is 158 cm³/mol. The molecule has 5 unspecified atom stereocenters. The van der Waals surface area contributed by atoms with Gasteiger partial charge in [0, 0.05) is 44.9 Å². The van der Waals surface area contributed by atoms with Crippen molar-refractivity contribution < 1.29 is 0 Å². The van der Waals surface area contributed by atoms with Crippen LogP contribution >= 0.6 is 0 Å². The third-order valence-electron chi connectivity index (χ3n) is 8.56. The number of nitrogens with one attached hydrogen (secondary N) is 4. The Bertz CT molecular complexity index is 2030. The molecule has 0 saturated heterocycles. The summed E-state index contributed by atoms with van der Waals surface area (Å²) in [7, 11) is 0. The lowest BCUT2D eigenvalue weighted by molar-refractivity contribution is 0.475. The number of aromatic nitrogens is 2. The third-order valence-corrected chi connectivity index (χ3v) is 8.56. The molecule has 8 bridgehead atoms. The second-order valence-electron chi connectivity index (χ2n) is 10.8. The summed E-state index contributed by atoms with van der Waals surface area (Å²) in [6.07, 6.45) is 15.9. The number of hydrogen-bond acceptors (Lipinski definition) is 6. The maximum absolute atomic E-state index is 5.20. The molecule has 40 heavy (non-hydrogen) atoms. The van der Waals surface area contributed by atoms with Gasteiger partial charge in [0.05, 0.1) is 0 Å². The largest absolute Gasteiger partial charge is 0.348 e. The van der Waals surface area contributed by atoms with Crippen LogP contribution in [0, 0.1) is 17.8 Å². The van der Waals surface area contributed by atoms with Gasteiger partial charge in [-0.05, 0) is 6.42 Å². The minimum absolute atomic E-state index is 0.0874. The van der Waals surface area contributed by atoms with Crippen molar-refractivity contribution in [1.29, 1.82) is 0 Å². The normalized spacial score (nSPS) is 27.6. The molecule has 9 rings (SSSR count). The molecule has 0 spiro atoms. The zero-order chi connectivity index (χ0) is 26.2. The van der Waals surface area contributed by atoms with E-state index in [-0.39, 0.29) is 30.1 Å². The van der Waals surface area contributed by atoms with Gasteiger partial charge in [-0.1, -0.05) is 91.1 Å². The Morgan fingerprint density at radius 3 is 2.42 bits per heavy atom. The van der Waals surface area contributed by atoms with Gasteiger partial charge in [0.25, 0.3) is 0 Å². The van der Waals surface area contributed by atoms with E-state index in [0.717, 1.165) is 62.2 Å². The van der Waals surface area contributed by atoms with E-state index >= 15 is 0 Å². The van der Waals surface area contributed by atoms with Crippen molar-refractivity contribution in [3.63, 3.8) is 0 Å². The van der Waals surface area contributed by atoms with Gasteiger partial charge in [-0.2, -0.15) is 0 Å². The molecule has 194 valence electrons. The van der Waals surface area contributed by atoms with Gasteiger partial charge in [-0.3, -0.25) is 0 Å². The maximum atomic E-state index is 5.20. The van der Waals surface area contributed by atoms with Crippen LogP contribution in [0.15, 0.2) is 117 Å². The van der Waals surface area contributed by atoms with Crippen molar-refractivity contribution in [3.05, 3.63) is 108 Å². The summed E-state index contributed by atoms with van der Waals surface area (Å²) >= 11 is 0. The molecule has 4 N–H and O–H groups in total. The molecule has 2 aliphatic carbocycles. The van der Waals surface area contributed by atoms with Crippen LogP contribution in [0.25, 0.3) is 21.5 Å². The van der Waals surface area contributed by atoms with Crippen molar-refractivity contribution in [2.45, 2.75) is 18.8 Å². The van der Waals surface area contributed by atoms with Gasteiger partial charge < -0.3 is 20.6 Å². The van der Waals surface area contributed by atoms with Crippen molar-refractivity contribution >= 4 is 44.9 Å². The molecule has 5 aliphatic rings. The van der Waals surface area contributed by atoms with E-state index in [9.17, 15) is 0 Å². The summed E-state index contributed by atoms with van der Waals surface area (Å²) in [5, 5.41) is 11.6. The van der Waals surface area contributed by atoms with Crippen LogP contribution in [0.5, 0.6) is 0 Å². The Balaban J connectivity index is 1.32. The molecule has 0 radical (unpaired) electrons. The lowest BCUT2D eigenvalue weighted by atomic mass is 9.87. The van der Waals surface area contributed by atoms with E-state index < -0.39 is 0 Å². The number of benzene rings is 2. The smallest absolute Gasteiger partial charge is 0.154 e. The van der Waals surface area contributed by atoms with Crippen LogP contribution in [-0.2, 0) is 0 Å². The number of H-pyrrole nitrogens is 2. The summed E-state index contributed by atoms with van der Waals surface area (Å²) in [6.45, 7) is 0. The quantitative estimate of drug-likeness (QED) is 0.254. The highest BCUT2D eigenvalue weighted by atomic mass is 15.2. The summed E-state index contributed by atoms with van der Waals surface area (Å²) in [5.41, 5.74) is 2.77. The van der Waals surface area contributed by atoms with E-state index in [4.69, 9.17) is 20.0 Å². The minimum Gasteiger partial charge on any atom is -0.348 e. The first-order valence-corrected chi connectivity index (χ1v) is 13.9. The number of amidine groups is 2. The minimum atomic E-state index is -0.272. The highest BCUT2D eigenvalue weighted by Crippen LogP contribution is 2.37. The number of anilines is 1. The molecule has 4 aromatic rings. The topological polar surface area (TPSA) is 105 Å². The zero-order valence-electron chi connectivity index (χ0n) is 21.5. The zero-order valence-corrected chi connectivity index (χ0v) is 21.5. The van der Waals surface area contributed by atoms with Crippen LogP contribution in [0.1, 0.15) is 6.42 Å². The van der Waals surface area contributed by atoms with E-state index in [1.54, 1.807) is 0 Å². The molecule has 0 fully saturated rings. The van der Waals surface area contributed by atoms with Crippen molar-refractivity contribution in [3.8, 4) is 0 Å². The monoisotopic (exact) mass is 522 g/mol. The molecule has 3 aliphatic heterocycles. The Hall–Kier alpha value is -4.98. The molecular weight excluding hydrogens is 496 g/mol. The standard InChI is InChI=1S/C32H26N8/c1-2-10-18-17(9-1)25-33-26(18)38-28-21-13-5-6-14-22(21)30(35-28)40-32-24-16-8-7-15-23(24)31(36-32)39-29-20-12-4-3-11-19(20)27(34-29)37-25/h1-7,9-16,21-23,30-31,33H,8H2,(H,35,38)(H,36,40)(H,34,37,39). The second-order valence-corrected chi connectivity index (χ2v) is 10.8. The van der Waals surface area contributed by atoms with Gasteiger partial charge in [0.2, 0.25) is 0 Å². The fraction of sp³-hybridized carbons (Fsp3) is 0.188. The highest BCUT2D eigenvalue weighted by molar-refractivity contribution is 6.09. The van der Waals surface area contributed by atoms with E-state index in [0.29, 0.717) is 0 Å². The number of fused-ring (bicyclic) bond motifs is 18. The van der Waals surface area contributed by atoms with E-state index in [2.05, 4.69) is 93.5 Å². The Morgan fingerprint density at radius 2 is 1.52 bits per heavy atom. The third kappa shape index (κ3) is 3.19. The molecule has 2 aromatic carbocycles. The lowest BCUT2D eigenvalue weighted by Gasteiger charge is -2.24. The van der Waals surface area contributed by atoms with Crippen molar-refractivity contribution in [2.24, 2.45) is 37.7 Å². The van der Waals surface area contributed by atoms with Gasteiger partial charge in [0.15, 0.2) is 6.17 Å². The second kappa shape index (κ2) is 8.26. The number of aliphatic imine (C=N–C) groups is 2. The molecule has 8 nitrogen and oxygen atoms in total. The van der Waals surface area contributed by atoms with E-state index in [1.165, 1.54) is 5.57 Å². The van der Waals surface area contributed by atoms with E-state index in [1.807, 2.05) is 18.2 Å². The Kier molecular flexibility index (Phi) is 4.52. The van der Waals surface area contributed by atoms with Crippen LogP contribution in [0.3, 0.4) is 0 Å². The average molecular weight is 523 g/mol. The Morgan fingerprint density at radius 1 is 0.725 bits per heavy atom. The fourth-order valence-electron chi connectivity index (χ4n) is 6.65. The van der Waals surface area contributed by atoms with Crippen molar-refractivity contribution in [1.82, 2.24) is 15.3 Å². The molecule has 5 atom stereocenters. The van der Waals surface area contributed by atoms with Gasteiger partial charge in [-0.25, -0.2) is 20.0 Å². The molecule has 8 heteroatoms. The fourth-order valence-corrected chi connectivity index (χ4v) is 6.65. The SMILES string of the molecule is C1=CC2C3=NC(NC4=NC(N=c5[nH]c(c6ccccc56)=Nc5[nH]c(c6ccccc56)N3)C3C=CCC=C43)C2C=C1.